The third kappa shape index (κ3) is 3.48. The smallest absolute Gasteiger partial charge is 0.203 e. The Morgan fingerprint density at radius 2 is 2.15 bits per heavy atom. The number of nitrogens with one attached hydrogen (secondary N) is 1. The van der Waals surface area contributed by atoms with Gasteiger partial charge in [0.15, 0.2) is 23.3 Å². The van der Waals surface area contributed by atoms with E-state index in [9.17, 15) is 8.78 Å². The van der Waals surface area contributed by atoms with Crippen molar-refractivity contribution in [3.05, 3.63) is 52.6 Å². The van der Waals surface area contributed by atoms with Gasteiger partial charge in [0.05, 0.1) is 5.25 Å². The van der Waals surface area contributed by atoms with Crippen LogP contribution in [0.15, 0.2) is 24.4 Å². The normalized spacial score (nSPS) is 17.1. The van der Waals surface area contributed by atoms with E-state index in [-0.39, 0.29) is 0 Å². The maximum Gasteiger partial charge on any atom is 0.203 e. The summed E-state index contributed by atoms with van der Waals surface area (Å²) in [6, 6.07) is 3.89. The first-order valence-corrected chi connectivity index (χ1v) is 9.75. The van der Waals surface area contributed by atoms with Gasteiger partial charge < -0.3 is 5.32 Å². The summed E-state index contributed by atoms with van der Waals surface area (Å²) in [5.74, 6) is 0.845. The molecule has 0 aliphatic carbocycles. The summed E-state index contributed by atoms with van der Waals surface area (Å²) in [6.45, 7) is 0.481. The van der Waals surface area contributed by atoms with Crippen molar-refractivity contribution >= 4 is 34.8 Å². The summed E-state index contributed by atoms with van der Waals surface area (Å²) in [5.41, 5.74) is 1.31. The van der Waals surface area contributed by atoms with Crippen LogP contribution in [-0.4, -0.2) is 31.9 Å². The van der Waals surface area contributed by atoms with Gasteiger partial charge in [-0.2, -0.15) is 11.8 Å². The Kier molecular flexibility index (Phi) is 4.95. The van der Waals surface area contributed by atoms with Crippen LogP contribution in [0.4, 0.5) is 14.6 Å². The minimum absolute atomic E-state index is 0.318. The first-order chi connectivity index (χ1) is 12.6. The number of benzene rings is 1. The molecule has 1 saturated heterocycles. The number of thioether (sulfide) groups is 1. The molecule has 9 heteroatoms. The highest BCUT2D eigenvalue weighted by atomic mass is 35.5. The second-order valence-electron chi connectivity index (χ2n) is 6.09. The Morgan fingerprint density at radius 3 is 2.92 bits per heavy atom. The molecule has 0 amide bonds. The van der Waals surface area contributed by atoms with Crippen molar-refractivity contribution in [1.29, 1.82) is 0 Å². The fourth-order valence-electron chi connectivity index (χ4n) is 3.02. The van der Waals surface area contributed by atoms with Gasteiger partial charge in [0, 0.05) is 12.7 Å². The largest absolute Gasteiger partial charge is 0.367 e. The van der Waals surface area contributed by atoms with Crippen molar-refractivity contribution in [3.8, 4) is 0 Å². The zero-order valence-electron chi connectivity index (χ0n) is 13.8. The van der Waals surface area contributed by atoms with Gasteiger partial charge in [-0.1, -0.05) is 17.7 Å². The molecule has 1 N–H and O–H groups in total. The van der Waals surface area contributed by atoms with Gasteiger partial charge in [0.1, 0.15) is 5.15 Å². The minimum atomic E-state index is -0.847. The fourth-order valence-corrected chi connectivity index (χ4v) is 4.47. The highest BCUT2D eigenvalue weighted by molar-refractivity contribution is 7.99. The van der Waals surface area contributed by atoms with Crippen molar-refractivity contribution in [2.45, 2.75) is 24.5 Å². The molecule has 2 aromatic heterocycles. The number of rotatable bonds is 5. The molecule has 1 fully saturated rings. The van der Waals surface area contributed by atoms with Gasteiger partial charge in [-0.25, -0.2) is 13.8 Å². The minimum Gasteiger partial charge on any atom is -0.367 e. The van der Waals surface area contributed by atoms with E-state index in [4.69, 9.17) is 11.6 Å². The molecule has 1 atom stereocenters. The molecule has 136 valence electrons. The van der Waals surface area contributed by atoms with Gasteiger partial charge in [0.2, 0.25) is 5.65 Å². The molecule has 3 heterocycles. The van der Waals surface area contributed by atoms with Crippen LogP contribution in [0, 0.1) is 11.6 Å². The Morgan fingerprint density at radius 1 is 1.27 bits per heavy atom. The second-order valence-corrected chi connectivity index (χ2v) is 7.79. The van der Waals surface area contributed by atoms with Crippen LogP contribution in [0.25, 0.3) is 5.65 Å². The van der Waals surface area contributed by atoms with Crippen LogP contribution < -0.4 is 5.32 Å². The van der Waals surface area contributed by atoms with Crippen LogP contribution >= 0.6 is 23.4 Å². The highest BCUT2D eigenvalue weighted by Gasteiger charge is 2.24. The van der Waals surface area contributed by atoms with Crippen LogP contribution in [-0.2, 0) is 6.42 Å². The van der Waals surface area contributed by atoms with Crippen molar-refractivity contribution < 1.29 is 8.78 Å². The van der Waals surface area contributed by atoms with Crippen LogP contribution in [0.1, 0.15) is 29.5 Å². The zero-order valence-corrected chi connectivity index (χ0v) is 15.3. The zero-order chi connectivity index (χ0) is 18.1. The monoisotopic (exact) mass is 395 g/mol. The third-order valence-corrected chi connectivity index (χ3v) is 5.85. The van der Waals surface area contributed by atoms with E-state index in [0.29, 0.717) is 40.4 Å². The number of aromatic nitrogens is 4. The van der Waals surface area contributed by atoms with Crippen molar-refractivity contribution in [3.63, 3.8) is 0 Å². The van der Waals surface area contributed by atoms with E-state index in [1.54, 1.807) is 12.3 Å². The lowest BCUT2D eigenvalue weighted by Crippen LogP contribution is -2.09. The highest BCUT2D eigenvalue weighted by Crippen LogP contribution is 2.39. The predicted molar refractivity (Wildman–Crippen MR) is 98.8 cm³/mol. The molecule has 1 aliphatic rings. The number of fused-ring (bicyclic) bond motifs is 1. The summed E-state index contributed by atoms with van der Waals surface area (Å²) in [6.07, 6.45) is 4.48. The van der Waals surface area contributed by atoms with Crippen LogP contribution in [0.5, 0.6) is 0 Å². The number of nitrogens with zero attached hydrogens (tertiary/aromatic N) is 4. The molecule has 26 heavy (non-hydrogen) atoms. The van der Waals surface area contributed by atoms with Gasteiger partial charge in [-0.05, 0) is 42.7 Å². The molecule has 3 aromatic rings. The molecular formula is C17H16ClF2N5S. The van der Waals surface area contributed by atoms with E-state index in [1.807, 2.05) is 16.2 Å². The molecule has 4 rings (SSSR count). The van der Waals surface area contributed by atoms with Gasteiger partial charge >= 0.3 is 0 Å². The van der Waals surface area contributed by atoms with Crippen molar-refractivity contribution in [2.24, 2.45) is 0 Å². The Hall–Kier alpha value is -1.93. The molecule has 0 unspecified atom stereocenters. The van der Waals surface area contributed by atoms with E-state index in [0.717, 1.165) is 24.1 Å². The van der Waals surface area contributed by atoms with Gasteiger partial charge in [0.25, 0.3) is 0 Å². The molecule has 0 radical (unpaired) electrons. The second kappa shape index (κ2) is 7.36. The number of anilines is 1. The molecule has 1 aliphatic heterocycles. The summed E-state index contributed by atoms with van der Waals surface area (Å²) >= 11 is 8.04. The standard InChI is InChI=1S/C17H16ClF2N5S/c18-14-9-25-16(13-2-1-7-26-13)23-24-17(25)15(22-14)21-6-5-10-3-4-11(19)12(20)8-10/h3-4,8-9,13H,1-2,5-7H2,(H,21,22)/t13-/m0/s1. The number of hydrogen-bond donors (Lipinski definition) is 1. The maximum atomic E-state index is 13.3. The summed E-state index contributed by atoms with van der Waals surface area (Å²) in [5, 5.41) is 12.4. The SMILES string of the molecule is Fc1ccc(CCNc2nc(Cl)cn3c([C@@H]4CCCS4)nnc23)cc1F. The van der Waals surface area contributed by atoms with Gasteiger partial charge in [-0.3, -0.25) is 4.40 Å². The molecule has 0 bridgehead atoms. The molecular weight excluding hydrogens is 380 g/mol. The molecule has 1 aromatic carbocycles. The van der Waals surface area contributed by atoms with E-state index in [1.165, 1.54) is 12.5 Å². The Balaban J connectivity index is 1.53. The van der Waals surface area contributed by atoms with Crippen molar-refractivity contribution in [2.75, 3.05) is 17.6 Å². The lowest BCUT2D eigenvalue weighted by Gasteiger charge is -2.10. The van der Waals surface area contributed by atoms with Crippen LogP contribution in [0.3, 0.4) is 0 Å². The van der Waals surface area contributed by atoms with E-state index < -0.39 is 11.6 Å². The van der Waals surface area contributed by atoms with Crippen molar-refractivity contribution in [1.82, 2.24) is 19.6 Å². The lowest BCUT2D eigenvalue weighted by molar-refractivity contribution is 0.507. The van der Waals surface area contributed by atoms with E-state index >= 15 is 0 Å². The molecule has 0 saturated carbocycles. The lowest BCUT2D eigenvalue weighted by atomic mass is 10.1. The fraction of sp³-hybridized carbons (Fsp3) is 0.353. The first-order valence-electron chi connectivity index (χ1n) is 8.32. The van der Waals surface area contributed by atoms with Gasteiger partial charge in [-0.15, -0.1) is 10.2 Å². The Labute approximate surface area is 158 Å². The Bertz CT molecular complexity index is 942. The van der Waals surface area contributed by atoms with E-state index in [2.05, 4.69) is 20.5 Å². The van der Waals surface area contributed by atoms with Crippen LogP contribution in [0.2, 0.25) is 5.15 Å². The quantitative estimate of drug-likeness (QED) is 0.698. The first kappa shape index (κ1) is 17.5. The predicted octanol–water partition coefficient (Wildman–Crippen LogP) is 4.28. The average Bonchev–Trinajstić information content (AvgIpc) is 3.27. The third-order valence-electron chi connectivity index (χ3n) is 4.30. The molecule has 0 spiro atoms. The average molecular weight is 396 g/mol. The summed E-state index contributed by atoms with van der Waals surface area (Å²) < 4.78 is 28.2. The number of hydrogen-bond acceptors (Lipinski definition) is 5. The number of halogens is 3. The molecule has 5 nitrogen and oxygen atoms in total. The summed E-state index contributed by atoms with van der Waals surface area (Å²) in [7, 11) is 0. The topological polar surface area (TPSA) is 55.1 Å². The maximum absolute atomic E-state index is 13.3. The summed E-state index contributed by atoms with van der Waals surface area (Å²) in [4.78, 5) is 4.29.